The maximum absolute atomic E-state index is 2.51. The van der Waals surface area contributed by atoms with Gasteiger partial charge in [0.25, 0.3) is 0 Å². The van der Waals surface area contributed by atoms with Crippen molar-refractivity contribution in [3.63, 3.8) is 0 Å². The second-order valence-electron chi connectivity index (χ2n) is 17.4. The van der Waals surface area contributed by atoms with E-state index >= 15 is 0 Å². The molecule has 1 nitrogen and oxygen atoms in total. The Morgan fingerprint density at radius 3 is 1.62 bits per heavy atom. The number of benzene rings is 10. The maximum atomic E-state index is 2.51. The molecule has 61 heavy (non-hydrogen) atoms. The molecule has 1 aliphatic carbocycles. The summed E-state index contributed by atoms with van der Waals surface area (Å²) in [6.07, 6.45) is 0. The van der Waals surface area contributed by atoms with Gasteiger partial charge in [-0.15, -0.1) is 11.3 Å². The molecule has 0 aliphatic heterocycles. The minimum atomic E-state index is -0.226. The van der Waals surface area contributed by atoms with Gasteiger partial charge in [-0.3, -0.25) is 0 Å². The number of hydrogen-bond donors (Lipinski definition) is 0. The van der Waals surface area contributed by atoms with Gasteiger partial charge in [-0.05, 0) is 157 Å². The lowest BCUT2D eigenvalue weighted by Crippen LogP contribution is -2.16. The monoisotopic (exact) mass is 797 g/mol. The zero-order chi connectivity index (χ0) is 41.0. The van der Waals surface area contributed by atoms with Gasteiger partial charge in [-0.2, -0.15) is 0 Å². The van der Waals surface area contributed by atoms with Crippen LogP contribution in [0.2, 0.25) is 0 Å². The molecule has 0 fully saturated rings. The zero-order valence-corrected chi connectivity index (χ0v) is 35.6. The largest absolute Gasteiger partial charge is 0.310 e. The highest BCUT2D eigenvalue weighted by atomic mass is 32.1. The average Bonchev–Trinajstić information content (AvgIpc) is 3.77. The fraction of sp³-hybridized carbons (Fsp3) is 0.0847. The number of aryl methyl sites for hydroxylation is 2. The Balaban J connectivity index is 1.07. The third kappa shape index (κ3) is 5.52. The highest BCUT2D eigenvalue weighted by Gasteiger charge is 2.37. The molecule has 0 atom stereocenters. The smallest absolute Gasteiger partial charge is 0.0465 e. The number of hydrogen-bond acceptors (Lipinski definition) is 2. The molecule has 0 saturated carbocycles. The van der Waals surface area contributed by atoms with E-state index in [1.54, 1.807) is 0 Å². The molecular formula is C59H43NS. The topological polar surface area (TPSA) is 3.24 Å². The molecule has 0 unspecified atom stereocenters. The Morgan fingerprint density at radius 2 is 0.934 bits per heavy atom. The van der Waals surface area contributed by atoms with Gasteiger partial charge in [0.2, 0.25) is 0 Å². The van der Waals surface area contributed by atoms with E-state index in [2.05, 4.69) is 221 Å². The van der Waals surface area contributed by atoms with Crippen LogP contribution in [0.25, 0.3) is 85.9 Å². The first-order valence-electron chi connectivity index (χ1n) is 21.3. The van der Waals surface area contributed by atoms with Crippen molar-refractivity contribution < 1.29 is 0 Å². The van der Waals surface area contributed by atoms with Crippen LogP contribution in [0.3, 0.4) is 0 Å². The first-order chi connectivity index (χ1) is 29.8. The molecule has 11 aromatic rings. The van der Waals surface area contributed by atoms with Crippen LogP contribution >= 0.6 is 11.3 Å². The van der Waals surface area contributed by atoms with E-state index in [-0.39, 0.29) is 5.41 Å². The molecular weight excluding hydrogens is 755 g/mol. The van der Waals surface area contributed by atoms with Crippen molar-refractivity contribution in [3.8, 4) is 33.4 Å². The second kappa shape index (κ2) is 13.5. The van der Waals surface area contributed by atoms with Crippen molar-refractivity contribution in [1.82, 2.24) is 0 Å². The fourth-order valence-corrected chi connectivity index (χ4v) is 11.6. The molecule has 10 aromatic carbocycles. The minimum Gasteiger partial charge on any atom is -0.310 e. The number of rotatable bonds is 5. The van der Waals surface area contributed by atoms with Gasteiger partial charge in [0.15, 0.2) is 0 Å². The lowest BCUT2D eigenvalue weighted by atomic mass is 9.80. The molecule has 0 N–H and O–H groups in total. The van der Waals surface area contributed by atoms with Crippen molar-refractivity contribution >= 4 is 80.9 Å². The highest BCUT2D eigenvalue weighted by molar-refractivity contribution is 7.26. The maximum Gasteiger partial charge on any atom is 0.0465 e. The summed E-state index contributed by atoms with van der Waals surface area (Å²) in [7, 11) is 0. The number of thiophene rings is 1. The summed E-state index contributed by atoms with van der Waals surface area (Å²) in [5.41, 5.74) is 16.3. The van der Waals surface area contributed by atoms with E-state index in [9.17, 15) is 0 Å². The summed E-state index contributed by atoms with van der Waals surface area (Å²) in [6, 6.07) is 70.7. The summed E-state index contributed by atoms with van der Waals surface area (Å²) in [5, 5.41) is 10.3. The lowest BCUT2D eigenvalue weighted by Gasteiger charge is -2.28. The van der Waals surface area contributed by atoms with Gasteiger partial charge in [0, 0.05) is 48.2 Å². The molecule has 2 heteroatoms. The van der Waals surface area contributed by atoms with Gasteiger partial charge in [0.05, 0.1) is 0 Å². The summed E-state index contributed by atoms with van der Waals surface area (Å²) < 4.78 is 2.67. The molecule has 0 amide bonds. The number of fused-ring (bicyclic) bond motifs is 9. The molecule has 1 heterocycles. The molecule has 1 aliphatic rings. The zero-order valence-electron chi connectivity index (χ0n) is 34.8. The predicted molar refractivity (Wildman–Crippen MR) is 264 cm³/mol. The third-order valence-corrected chi connectivity index (χ3v) is 14.5. The molecule has 0 spiro atoms. The standard InChI is InChI=1S/C59H43NS/c1-36-14-11-18-41(30-36)60(42-19-12-15-37(2)31-42)43-27-29-45-44-28-26-40(34-53(44)59(3,4)54(45)35-43)56-47-21-7-8-22-48(47)57(52-33-39-17-6-5-16-38(39)32-51(52)56)50-24-13-23-49-46-20-9-10-25-55(46)61-58(49)50/h5-35H,1-4H3. The second-order valence-corrected chi connectivity index (χ2v) is 18.5. The molecule has 0 bridgehead atoms. The molecule has 0 saturated heterocycles. The van der Waals surface area contributed by atoms with Crippen LogP contribution in [0.5, 0.6) is 0 Å². The summed E-state index contributed by atoms with van der Waals surface area (Å²) in [6.45, 7) is 9.17. The Hall–Kier alpha value is -7.00. The summed E-state index contributed by atoms with van der Waals surface area (Å²) in [4.78, 5) is 2.41. The fourth-order valence-electron chi connectivity index (χ4n) is 10.4. The van der Waals surface area contributed by atoms with Crippen molar-refractivity contribution in [2.24, 2.45) is 0 Å². The quantitative estimate of drug-likeness (QED) is 0.157. The van der Waals surface area contributed by atoms with Gasteiger partial charge >= 0.3 is 0 Å². The lowest BCUT2D eigenvalue weighted by molar-refractivity contribution is 0.660. The summed E-state index contributed by atoms with van der Waals surface area (Å²) in [5.74, 6) is 0. The van der Waals surface area contributed by atoms with E-state index in [0.29, 0.717) is 0 Å². The van der Waals surface area contributed by atoms with Gasteiger partial charge in [-0.25, -0.2) is 0 Å². The highest BCUT2D eigenvalue weighted by Crippen LogP contribution is 2.54. The van der Waals surface area contributed by atoms with Gasteiger partial charge < -0.3 is 4.90 Å². The van der Waals surface area contributed by atoms with E-state index in [4.69, 9.17) is 0 Å². The molecule has 290 valence electrons. The Bertz CT molecular complexity index is 3560. The van der Waals surface area contributed by atoms with Crippen molar-refractivity contribution in [2.45, 2.75) is 33.1 Å². The predicted octanol–water partition coefficient (Wildman–Crippen LogP) is 17.2. The normalized spacial score (nSPS) is 13.0. The van der Waals surface area contributed by atoms with Crippen molar-refractivity contribution in [2.75, 3.05) is 4.90 Å². The Kier molecular flexibility index (Phi) is 7.95. The van der Waals surface area contributed by atoms with Gasteiger partial charge in [0.1, 0.15) is 0 Å². The van der Waals surface area contributed by atoms with Crippen LogP contribution in [0, 0.1) is 13.8 Å². The first-order valence-corrected chi connectivity index (χ1v) is 22.1. The Morgan fingerprint density at radius 1 is 0.393 bits per heavy atom. The van der Waals surface area contributed by atoms with Crippen molar-refractivity contribution in [3.05, 3.63) is 210 Å². The van der Waals surface area contributed by atoms with Crippen LogP contribution in [0.15, 0.2) is 188 Å². The summed E-state index contributed by atoms with van der Waals surface area (Å²) >= 11 is 1.91. The van der Waals surface area contributed by atoms with Crippen LogP contribution in [0.4, 0.5) is 17.1 Å². The molecule has 0 radical (unpaired) electrons. The molecule has 12 rings (SSSR count). The van der Waals surface area contributed by atoms with E-state index in [0.717, 1.165) is 0 Å². The van der Waals surface area contributed by atoms with E-state index < -0.39 is 0 Å². The van der Waals surface area contributed by atoms with Gasteiger partial charge in [-0.1, -0.05) is 141 Å². The van der Waals surface area contributed by atoms with Crippen LogP contribution in [0.1, 0.15) is 36.1 Å². The number of anilines is 3. The number of nitrogens with zero attached hydrogens (tertiary/aromatic N) is 1. The van der Waals surface area contributed by atoms with E-state index in [1.165, 1.54) is 125 Å². The van der Waals surface area contributed by atoms with E-state index in [1.807, 2.05) is 11.3 Å². The Labute approximate surface area is 360 Å². The molecule has 1 aromatic heterocycles. The third-order valence-electron chi connectivity index (χ3n) is 13.3. The van der Waals surface area contributed by atoms with Crippen LogP contribution in [-0.4, -0.2) is 0 Å². The minimum absolute atomic E-state index is 0.226. The SMILES string of the molecule is Cc1cccc(N(c2cccc(C)c2)c2ccc3c(c2)C(C)(C)c2cc(-c4c5ccccc5c(-c5cccc6c5sc5ccccc56)c5cc6ccccc6cc45)ccc2-3)c1. The van der Waals surface area contributed by atoms with Crippen LogP contribution in [-0.2, 0) is 5.41 Å². The van der Waals surface area contributed by atoms with Crippen molar-refractivity contribution in [1.29, 1.82) is 0 Å². The van der Waals surface area contributed by atoms with Crippen LogP contribution < -0.4 is 4.90 Å². The first kappa shape index (κ1) is 35.9. The average molecular weight is 798 g/mol.